The van der Waals surface area contributed by atoms with Crippen molar-refractivity contribution in [1.29, 1.82) is 0 Å². The Bertz CT molecular complexity index is 1210. The van der Waals surface area contributed by atoms with Crippen LogP contribution in [0.15, 0.2) is 47.9 Å². The highest BCUT2D eigenvalue weighted by molar-refractivity contribution is 5.85. The Morgan fingerprint density at radius 3 is 2.40 bits per heavy atom. The Morgan fingerprint density at radius 1 is 1.11 bits per heavy atom. The number of hydrogen-bond donors (Lipinski definition) is 0. The maximum Gasteiger partial charge on any atom is 0.222 e. The predicted octanol–water partition coefficient (Wildman–Crippen LogP) is 8.42. The molecule has 0 aliphatic carbocycles. The number of aromatic nitrogens is 3. The van der Waals surface area contributed by atoms with Crippen molar-refractivity contribution in [2.45, 2.75) is 80.4 Å². The summed E-state index contributed by atoms with van der Waals surface area (Å²) in [6, 6.07) is 6.18. The van der Waals surface area contributed by atoms with Crippen LogP contribution in [0.25, 0.3) is 22.3 Å². The Balaban J connectivity index is 0.00000210. The van der Waals surface area contributed by atoms with E-state index in [2.05, 4.69) is 35.7 Å². The summed E-state index contributed by atoms with van der Waals surface area (Å²) in [6.45, 7) is 16.2. The lowest BCUT2D eigenvalue weighted by molar-refractivity contribution is 0.397. The van der Waals surface area contributed by atoms with Crippen LogP contribution in [0.2, 0.25) is 0 Å². The maximum atomic E-state index is 13.7. The van der Waals surface area contributed by atoms with Gasteiger partial charge < -0.3 is 9.30 Å². The summed E-state index contributed by atoms with van der Waals surface area (Å²) in [4.78, 5) is 9.67. The van der Waals surface area contributed by atoms with Gasteiger partial charge in [-0.1, -0.05) is 39.3 Å². The van der Waals surface area contributed by atoms with Crippen LogP contribution in [0.3, 0.4) is 0 Å². The number of nitrogens with zero attached hydrogens (tertiary/aromatic N) is 3. The van der Waals surface area contributed by atoms with Gasteiger partial charge in [-0.05, 0) is 69.0 Å². The summed E-state index contributed by atoms with van der Waals surface area (Å²) < 4.78 is 34.4. The zero-order chi connectivity index (χ0) is 26.3. The Labute approximate surface area is 208 Å². The largest absolute Gasteiger partial charge is 0.480 e. The van der Waals surface area contributed by atoms with Crippen molar-refractivity contribution < 1.29 is 13.5 Å². The van der Waals surface area contributed by atoms with E-state index < -0.39 is 12.0 Å². The summed E-state index contributed by atoms with van der Waals surface area (Å²) in [6.07, 6.45) is 3.68. The number of ether oxygens (including phenoxy) is 1. The average molecular weight is 484 g/mol. The fraction of sp³-hybridized carbons (Fsp3) is 0.448. The summed E-state index contributed by atoms with van der Waals surface area (Å²) in [5.74, 6) is 0.428. The molecule has 1 unspecified atom stereocenters. The number of methoxy groups -OCH3 is 1. The molecule has 0 radical (unpaired) electrons. The van der Waals surface area contributed by atoms with Gasteiger partial charge in [0.15, 0.2) is 0 Å². The van der Waals surface area contributed by atoms with Crippen LogP contribution in [0.5, 0.6) is 5.88 Å². The van der Waals surface area contributed by atoms with Crippen LogP contribution < -0.4 is 4.74 Å². The number of rotatable bonds is 8. The second kappa shape index (κ2) is 12.6. The summed E-state index contributed by atoms with van der Waals surface area (Å²) >= 11 is 0. The molecule has 0 N–H and O–H groups in total. The fourth-order valence-corrected chi connectivity index (χ4v) is 3.91. The van der Waals surface area contributed by atoms with Crippen molar-refractivity contribution in [2.24, 2.45) is 0 Å². The van der Waals surface area contributed by atoms with E-state index in [0.717, 1.165) is 50.8 Å². The van der Waals surface area contributed by atoms with Gasteiger partial charge in [-0.3, -0.25) is 0 Å². The predicted molar refractivity (Wildman–Crippen MR) is 143 cm³/mol. The second-order valence-corrected chi connectivity index (χ2v) is 8.95. The van der Waals surface area contributed by atoms with Gasteiger partial charge in [0.25, 0.3) is 0 Å². The molecule has 0 spiro atoms. The smallest absolute Gasteiger partial charge is 0.222 e. The molecule has 0 aliphatic rings. The minimum absolute atomic E-state index is 0.0961. The van der Waals surface area contributed by atoms with Crippen molar-refractivity contribution in [3.05, 3.63) is 64.8 Å². The average Bonchev–Trinajstić information content (AvgIpc) is 3.11. The number of allylic oxidation sites excluding steroid dienone is 4. The third kappa shape index (κ3) is 7.00. The molecule has 6 heteroatoms. The van der Waals surface area contributed by atoms with Crippen molar-refractivity contribution >= 4 is 11.0 Å². The number of alkyl halides is 1. The summed E-state index contributed by atoms with van der Waals surface area (Å²) in [5, 5.41) is 0. The maximum absolute atomic E-state index is 13.7. The monoisotopic (exact) mass is 483 g/mol. The number of aryl methyl sites for hydroxylation is 2. The van der Waals surface area contributed by atoms with Gasteiger partial charge in [-0.2, -0.15) is 0 Å². The van der Waals surface area contributed by atoms with Crippen LogP contribution in [0.4, 0.5) is 8.78 Å². The molecule has 3 heterocycles. The van der Waals surface area contributed by atoms with E-state index in [-0.39, 0.29) is 6.42 Å². The van der Waals surface area contributed by atoms with Crippen LogP contribution in [0, 0.1) is 13.8 Å². The molecular formula is C29H39F2N3O. The third-order valence-corrected chi connectivity index (χ3v) is 5.62. The van der Waals surface area contributed by atoms with Crippen molar-refractivity contribution in [1.82, 2.24) is 14.5 Å². The molecular weight excluding hydrogens is 444 g/mol. The lowest BCUT2D eigenvalue weighted by atomic mass is 10.0. The molecule has 190 valence electrons. The molecule has 3 aromatic rings. The molecule has 0 aromatic carbocycles. The van der Waals surface area contributed by atoms with Crippen molar-refractivity contribution in [3.63, 3.8) is 0 Å². The van der Waals surface area contributed by atoms with E-state index >= 15 is 0 Å². The van der Waals surface area contributed by atoms with Crippen molar-refractivity contribution in [3.8, 4) is 17.1 Å². The number of hydrogen-bond acceptors (Lipinski definition) is 3. The van der Waals surface area contributed by atoms with E-state index in [9.17, 15) is 8.78 Å². The molecule has 4 nitrogen and oxygen atoms in total. The minimum Gasteiger partial charge on any atom is -0.480 e. The van der Waals surface area contributed by atoms with Crippen LogP contribution in [0.1, 0.15) is 70.7 Å². The highest BCUT2D eigenvalue weighted by Crippen LogP contribution is 2.33. The third-order valence-electron chi connectivity index (χ3n) is 5.62. The zero-order valence-corrected chi connectivity index (χ0v) is 22.5. The second-order valence-electron chi connectivity index (χ2n) is 8.95. The van der Waals surface area contributed by atoms with Crippen molar-refractivity contribution in [2.75, 3.05) is 7.11 Å². The lowest BCUT2D eigenvalue weighted by Gasteiger charge is -2.13. The molecule has 0 bridgehead atoms. The van der Waals surface area contributed by atoms with Crippen LogP contribution in [-0.2, 0) is 6.54 Å². The van der Waals surface area contributed by atoms with E-state index in [1.807, 2.05) is 46.8 Å². The molecule has 0 amide bonds. The van der Waals surface area contributed by atoms with E-state index in [1.54, 1.807) is 13.2 Å². The van der Waals surface area contributed by atoms with E-state index in [1.165, 1.54) is 6.92 Å². The molecule has 3 aromatic heterocycles. The number of halogens is 2. The van der Waals surface area contributed by atoms with Gasteiger partial charge in [0.05, 0.1) is 29.4 Å². The first kappa shape index (κ1) is 28.2. The molecule has 0 saturated carbocycles. The Morgan fingerprint density at radius 2 is 1.80 bits per heavy atom. The first-order valence-corrected chi connectivity index (χ1v) is 12.3. The summed E-state index contributed by atoms with van der Waals surface area (Å²) in [5.41, 5.74) is 7.70. The number of fused-ring (bicyclic) bond motifs is 1. The highest BCUT2D eigenvalue weighted by Gasteiger charge is 2.17. The first-order chi connectivity index (χ1) is 16.6. The van der Waals surface area contributed by atoms with Gasteiger partial charge in [0.1, 0.15) is 12.0 Å². The topological polar surface area (TPSA) is 39.9 Å². The first-order valence-electron chi connectivity index (χ1n) is 12.3. The quantitative estimate of drug-likeness (QED) is 0.302. The number of pyridine rings is 2. The van der Waals surface area contributed by atoms with Crippen LogP contribution in [-0.4, -0.2) is 27.8 Å². The molecule has 35 heavy (non-hydrogen) atoms. The van der Waals surface area contributed by atoms with Crippen LogP contribution >= 0.6 is 0 Å². The Kier molecular flexibility index (Phi) is 10.2. The van der Waals surface area contributed by atoms with Gasteiger partial charge in [-0.25, -0.2) is 18.7 Å². The fourth-order valence-electron chi connectivity index (χ4n) is 3.91. The molecule has 1 atom stereocenters. The van der Waals surface area contributed by atoms with E-state index in [4.69, 9.17) is 9.72 Å². The molecule has 3 rings (SSSR count). The highest BCUT2D eigenvalue weighted by atomic mass is 19.1. The molecule has 0 fully saturated rings. The van der Waals surface area contributed by atoms with E-state index in [0.29, 0.717) is 18.3 Å². The standard InChI is InChI=1S/C27H33F2N3O.C2H6/c1-16(2)23-11-10-22(27(30-23)33-7)25-18(4)12-24-26(31-25)19(5)15-32(24)14-17(3)8-9-21(29)13-20(6)28;1-2/h8,10-13,15-16,20H,9,14H2,1-7H3;1-2H3/b17-8+,21-13+;. The normalized spacial score (nSPS) is 13.1. The Hall–Kier alpha value is -3.02. The van der Waals surface area contributed by atoms with Gasteiger partial charge >= 0.3 is 0 Å². The summed E-state index contributed by atoms with van der Waals surface area (Å²) in [7, 11) is 1.63. The zero-order valence-electron chi connectivity index (χ0n) is 22.5. The SMILES string of the molecule is CC.COc1nc(C(C)C)ccc1-c1nc2c(C)cn(C/C(C)=C/C/C(F)=C\C(C)F)c2cc1C. The molecule has 0 saturated heterocycles. The van der Waals surface area contributed by atoms with Gasteiger partial charge in [-0.15, -0.1) is 0 Å². The minimum atomic E-state index is -1.28. The van der Waals surface area contributed by atoms with Gasteiger partial charge in [0, 0.05) is 24.9 Å². The lowest BCUT2D eigenvalue weighted by Crippen LogP contribution is -2.01. The molecule has 0 aliphatic heterocycles. The van der Waals surface area contributed by atoms with Gasteiger partial charge in [0.2, 0.25) is 5.88 Å².